The highest BCUT2D eigenvalue weighted by Crippen LogP contribution is 2.23. The second kappa shape index (κ2) is 5.38. The van der Waals surface area contributed by atoms with E-state index in [0.717, 1.165) is 11.3 Å². The van der Waals surface area contributed by atoms with Crippen LogP contribution in [0.3, 0.4) is 0 Å². The summed E-state index contributed by atoms with van der Waals surface area (Å²) in [5.74, 6) is -0.127. The zero-order chi connectivity index (χ0) is 11.4. The third kappa shape index (κ3) is 2.86. The van der Waals surface area contributed by atoms with Crippen molar-refractivity contribution < 1.29 is 4.79 Å². The Balaban J connectivity index is 3.02. The lowest BCUT2D eigenvalue weighted by atomic mass is 10.2. The number of rotatable bonds is 3. The van der Waals surface area contributed by atoms with Crippen LogP contribution < -0.4 is 4.90 Å². The average molecular weight is 246 g/mol. The molecule has 0 fully saturated rings. The Morgan fingerprint density at radius 3 is 2.60 bits per heavy atom. The first-order valence-electron chi connectivity index (χ1n) is 4.72. The van der Waals surface area contributed by atoms with Crippen LogP contribution >= 0.6 is 23.2 Å². The summed E-state index contributed by atoms with van der Waals surface area (Å²) in [6, 6.07) is 5.54. The lowest BCUT2D eigenvalue weighted by molar-refractivity contribution is -0.116. The van der Waals surface area contributed by atoms with E-state index in [2.05, 4.69) is 0 Å². The Morgan fingerprint density at radius 1 is 1.47 bits per heavy atom. The molecule has 0 aromatic heterocycles. The minimum absolute atomic E-state index is 0.0145. The third-order valence-electron chi connectivity index (χ3n) is 2.20. The Morgan fingerprint density at radius 2 is 2.13 bits per heavy atom. The number of hydrogen-bond acceptors (Lipinski definition) is 1. The maximum Gasteiger partial charge on any atom is 0.241 e. The van der Waals surface area contributed by atoms with Gasteiger partial charge in [0.25, 0.3) is 0 Å². The molecular formula is C11H13Cl2NO. The summed E-state index contributed by atoms with van der Waals surface area (Å²) in [4.78, 5) is 13.1. The predicted octanol–water partition coefficient (Wildman–Crippen LogP) is 3.24. The van der Waals surface area contributed by atoms with E-state index in [1.807, 2.05) is 26.0 Å². The Hall–Kier alpha value is -0.730. The molecule has 0 bridgehead atoms. The summed E-state index contributed by atoms with van der Waals surface area (Å²) in [5, 5.41) is 0.660. The molecule has 0 aliphatic rings. The van der Waals surface area contributed by atoms with Crippen molar-refractivity contribution in [1.82, 2.24) is 0 Å². The number of carbonyl (C=O) groups excluding carboxylic acids is 1. The monoisotopic (exact) mass is 245 g/mol. The van der Waals surface area contributed by atoms with Crippen LogP contribution in [-0.4, -0.2) is 18.3 Å². The van der Waals surface area contributed by atoms with Crippen LogP contribution in [0.15, 0.2) is 18.2 Å². The number of anilines is 1. The molecule has 15 heavy (non-hydrogen) atoms. The maximum atomic E-state index is 11.5. The molecule has 82 valence electrons. The number of amides is 1. The summed E-state index contributed by atoms with van der Waals surface area (Å²) < 4.78 is 0. The molecule has 0 heterocycles. The summed E-state index contributed by atoms with van der Waals surface area (Å²) in [6.45, 7) is 4.41. The van der Waals surface area contributed by atoms with E-state index in [-0.39, 0.29) is 11.8 Å². The first kappa shape index (κ1) is 12.3. The molecule has 1 aromatic carbocycles. The number of carbonyl (C=O) groups is 1. The Labute approximate surface area is 99.8 Å². The normalized spacial score (nSPS) is 10.1. The largest absolute Gasteiger partial charge is 0.312 e. The average Bonchev–Trinajstić information content (AvgIpc) is 2.24. The quantitative estimate of drug-likeness (QED) is 0.749. The highest BCUT2D eigenvalue weighted by atomic mass is 35.5. The molecule has 0 aliphatic carbocycles. The topological polar surface area (TPSA) is 20.3 Å². The van der Waals surface area contributed by atoms with E-state index in [0.29, 0.717) is 11.6 Å². The smallest absolute Gasteiger partial charge is 0.241 e. The van der Waals surface area contributed by atoms with E-state index >= 15 is 0 Å². The van der Waals surface area contributed by atoms with Gasteiger partial charge in [0.05, 0.1) is 0 Å². The molecule has 0 aliphatic heterocycles. The molecular weight excluding hydrogens is 233 g/mol. The molecule has 0 spiro atoms. The van der Waals surface area contributed by atoms with Gasteiger partial charge in [0.2, 0.25) is 5.91 Å². The van der Waals surface area contributed by atoms with Gasteiger partial charge >= 0.3 is 0 Å². The van der Waals surface area contributed by atoms with Gasteiger partial charge in [-0.3, -0.25) is 4.79 Å². The van der Waals surface area contributed by atoms with Crippen molar-refractivity contribution >= 4 is 34.8 Å². The fraction of sp³-hybridized carbons (Fsp3) is 0.364. The molecule has 0 N–H and O–H groups in total. The maximum absolute atomic E-state index is 11.5. The van der Waals surface area contributed by atoms with Gasteiger partial charge in [0, 0.05) is 17.3 Å². The molecule has 1 aromatic rings. The van der Waals surface area contributed by atoms with Gasteiger partial charge < -0.3 is 4.90 Å². The van der Waals surface area contributed by atoms with Crippen LogP contribution in [0.5, 0.6) is 0 Å². The van der Waals surface area contributed by atoms with Gasteiger partial charge in [0.1, 0.15) is 5.88 Å². The number of hydrogen-bond donors (Lipinski definition) is 0. The number of nitrogens with zero attached hydrogens (tertiary/aromatic N) is 1. The zero-order valence-corrected chi connectivity index (χ0v) is 10.3. The number of aryl methyl sites for hydroxylation is 1. The predicted molar refractivity (Wildman–Crippen MR) is 64.9 cm³/mol. The molecule has 0 atom stereocenters. The van der Waals surface area contributed by atoms with Crippen molar-refractivity contribution in [3.05, 3.63) is 28.8 Å². The lowest BCUT2D eigenvalue weighted by Crippen LogP contribution is -2.31. The van der Waals surface area contributed by atoms with Crippen molar-refractivity contribution in [1.29, 1.82) is 0 Å². The molecule has 0 saturated heterocycles. The van der Waals surface area contributed by atoms with Crippen molar-refractivity contribution in [2.45, 2.75) is 13.8 Å². The van der Waals surface area contributed by atoms with Crippen LogP contribution in [0, 0.1) is 6.92 Å². The van der Waals surface area contributed by atoms with E-state index < -0.39 is 0 Å². The molecule has 1 rings (SSSR count). The second-order valence-corrected chi connectivity index (χ2v) is 3.88. The standard InChI is InChI=1S/C11H13Cl2NO/c1-3-14(11(15)7-12)9-5-4-8(2)10(13)6-9/h4-6H,3,7H2,1-2H3. The molecule has 0 unspecified atom stereocenters. The Kier molecular flexibility index (Phi) is 4.43. The van der Waals surface area contributed by atoms with Crippen molar-refractivity contribution in [2.75, 3.05) is 17.3 Å². The summed E-state index contributed by atoms with van der Waals surface area (Å²) in [5.41, 5.74) is 1.79. The van der Waals surface area contributed by atoms with Gasteiger partial charge in [0.15, 0.2) is 0 Å². The van der Waals surface area contributed by atoms with Crippen LogP contribution in [0.2, 0.25) is 5.02 Å². The molecule has 2 nitrogen and oxygen atoms in total. The lowest BCUT2D eigenvalue weighted by Gasteiger charge is -2.20. The van der Waals surface area contributed by atoms with Crippen LogP contribution in [0.1, 0.15) is 12.5 Å². The summed E-state index contributed by atoms with van der Waals surface area (Å²) in [6.07, 6.45) is 0. The van der Waals surface area contributed by atoms with E-state index in [1.165, 1.54) is 0 Å². The minimum Gasteiger partial charge on any atom is -0.312 e. The molecule has 1 amide bonds. The van der Waals surface area contributed by atoms with Gasteiger partial charge in [-0.2, -0.15) is 0 Å². The molecule has 0 saturated carbocycles. The fourth-order valence-electron chi connectivity index (χ4n) is 1.32. The van der Waals surface area contributed by atoms with E-state index in [9.17, 15) is 4.79 Å². The SMILES string of the molecule is CCN(C(=O)CCl)c1ccc(C)c(Cl)c1. The second-order valence-electron chi connectivity index (χ2n) is 3.21. The van der Waals surface area contributed by atoms with Crippen molar-refractivity contribution in [2.24, 2.45) is 0 Å². The first-order valence-corrected chi connectivity index (χ1v) is 5.63. The molecule has 0 radical (unpaired) electrons. The third-order valence-corrected chi connectivity index (χ3v) is 2.83. The van der Waals surface area contributed by atoms with Gasteiger partial charge in [-0.05, 0) is 31.5 Å². The fourth-order valence-corrected chi connectivity index (χ4v) is 1.64. The number of halogens is 2. The first-order chi connectivity index (χ1) is 7.10. The number of alkyl halides is 1. The molecule has 4 heteroatoms. The zero-order valence-electron chi connectivity index (χ0n) is 8.76. The van der Waals surface area contributed by atoms with Crippen LogP contribution in [-0.2, 0) is 4.79 Å². The van der Waals surface area contributed by atoms with E-state index in [4.69, 9.17) is 23.2 Å². The van der Waals surface area contributed by atoms with E-state index in [1.54, 1.807) is 11.0 Å². The van der Waals surface area contributed by atoms with Gasteiger partial charge in [-0.15, -0.1) is 11.6 Å². The van der Waals surface area contributed by atoms with Gasteiger partial charge in [-0.25, -0.2) is 0 Å². The number of benzene rings is 1. The van der Waals surface area contributed by atoms with Crippen molar-refractivity contribution in [3.8, 4) is 0 Å². The van der Waals surface area contributed by atoms with Gasteiger partial charge in [-0.1, -0.05) is 17.7 Å². The Bertz CT molecular complexity index is 366. The van der Waals surface area contributed by atoms with Crippen molar-refractivity contribution in [3.63, 3.8) is 0 Å². The summed E-state index contributed by atoms with van der Waals surface area (Å²) >= 11 is 11.5. The minimum atomic E-state index is -0.112. The van der Waals surface area contributed by atoms with Crippen LogP contribution in [0.25, 0.3) is 0 Å². The highest BCUT2D eigenvalue weighted by Gasteiger charge is 2.12. The van der Waals surface area contributed by atoms with Crippen LogP contribution in [0.4, 0.5) is 5.69 Å². The highest BCUT2D eigenvalue weighted by molar-refractivity contribution is 6.32. The summed E-state index contributed by atoms with van der Waals surface area (Å²) in [7, 11) is 0.